The molecule has 2 aromatic carbocycles. The van der Waals surface area contributed by atoms with Gasteiger partial charge in [-0.15, -0.1) is 0 Å². The summed E-state index contributed by atoms with van der Waals surface area (Å²) in [7, 11) is 0. The van der Waals surface area contributed by atoms with E-state index in [9.17, 15) is 9.90 Å². The van der Waals surface area contributed by atoms with E-state index >= 15 is 0 Å². The van der Waals surface area contributed by atoms with Crippen molar-refractivity contribution in [2.75, 3.05) is 5.73 Å². The molecule has 0 saturated heterocycles. The van der Waals surface area contributed by atoms with Crippen LogP contribution >= 0.6 is 0 Å². The van der Waals surface area contributed by atoms with Crippen LogP contribution in [0.4, 0.5) is 5.82 Å². The minimum absolute atomic E-state index is 0.187. The van der Waals surface area contributed by atoms with E-state index in [1.54, 1.807) is 6.20 Å². The Hall–Kier alpha value is -3.21. The van der Waals surface area contributed by atoms with Gasteiger partial charge in [-0.25, -0.2) is 0 Å². The summed E-state index contributed by atoms with van der Waals surface area (Å²) in [5, 5.41) is 10.5. The third kappa shape index (κ3) is 3.82. The molecule has 5 aromatic rings. The van der Waals surface area contributed by atoms with Crippen LogP contribution in [0.15, 0.2) is 60.9 Å². The molecular weight excluding hydrogens is 631 g/mol. The maximum absolute atomic E-state index is 11.4. The van der Waals surface area contributed by atoms with E-state index in [0.717, 1.165) is 72.2 Å². The SMILES string of the molecule is Nc1nccn2c(C3CCC(C(=O)O)CC3)nc(-c3cc4cccc(-c5cccc[c]5[Tl])c4[nH]3)c12. The van der Waals surface area contributed by atoms with Crippen molar-refractivity contribution in [1.29, 1.82) is 0 Å². The number of H-pyrrole nitrogens is 1. The molecule has 1 aliphatic carbocycles. The van der Waals surface area contributed by atoms with E-state index in [2.05, 4.69) is 58.5 Å². The first kappa shape index (κ1) is 22.3. The standard InChI is InChI=1S/C27H24N5O2.Tl/c28-25-24-23(21-15-19-7-4-8-20(22(19)30-21)16-5-2-1-3-6-16)31-26(32(24)14-13-29-25)17-9-11-18(12-10-17)27(33)34;/h1-5,7-8,13-15,17-18,30H,9-12H2,(H2,28,29)(H,33,34);. The first-order valence-electron chi connectivity index (χ1n) is 11.8. The number of nitrogens with two attached hydrogens (primary N) is 1. The van der Waals surface area contributed by atoms with Crippen LogP contribution in [0.5, 0.6) is 0 Å². The van der Waals surface area contributed by atoms with E-state index in [1.165, 1.54) is 14.2 Å². The molecule has 6 rings (SSSR count). The second kappa shape index (κ2) is 8.78. The van der Waals surface area contributed by atoms with Gasteiger partial charge in [-0.1, -0.05) is 0 Å². The number of nitrogen functional groups attached to an aromatic ring is 1. The van der Waals surface area contributed by atoms with Gasteiger partial charge in [0.25, 0.3) is 0 Å². The number of rotatable bonds is 4. The number of para-hydroxylation sites is 1. The number of nitrogens with zero attached hydrogens (tertiary/aromatic N) is 3. The average Bonchev–Trinajstić information content (AvgIpc) is 3.47. The van der Waals surface area contributed by atoms with Crippen molar-refractivity contribution in [1.82, 2.24) is 19.4 Å². The molecule has 8 heteroatoms. The second-order valence-electron chi connectivity index (χ2n) is 9.28. The van der Waals surface area contributed by atoms with Crippen molar-refractivity contribution >= 4 is 57.1 Å². The molecule has 1 fully saturated rings. The number of fused-ring (bicyclic) bond motifs is 2. The topological polar surface area (TPSA) is 109 Å². The minimum atomic E-state index is -0.698. The zero-order valence-electron chi connectivity index (χ0n) is 19.1. The summed E-state index contributed by atoms with van der Waals surface area (Å²) in [6, 6.07) is 17.1. The molecule has 0 unspecified atom stereocenters. The van der Waals surface area contributed by atoms with Crippen LogP contribution in [0.3, 0.4) is 0 Å². The summed E-state index contributed by atoms with van der Waals surface area (Å²) in [5.41, 5.74) is 12.4. The van der Waals surface area contributed by atoms with Gasteiger partial charge >= 0.3 is 203 Å². The predicted octanol–water partition coefficient (Wildman–Crippen LogP) is 4.28. The van der Waals surface area contributed by atoms with Crippen molar-refractivity contribution < 1.29 is 9.90 Å². The Balaban J connectivity index is 1.48. The van der Waals surface area contributed by atoms with Crippen LogP contribution in [0, 0.1) is 5.92 Å². The van der Waals surface area contributed by atoms with Gasteiger partial charge in [-0.05, 0) is 0 Å². The zero-order chi connectivity index (χ0) is 24.1. The Morgan fingerprint density at radius 1 is 1.09 bits per heavy atom. The molecule has 1 saturated carbocycles. The van der Waals surface area contributed by atoms with E-state index in [1.807, 2.05) is 10.6 Å². The number of carboxylic acids is 1. The van der Waals surface area contributed by atoms with Crippen LogP contribution in [0.1, 0.15) is 37.4 Å². The van der Waals surface area contributed by atoms with Gasteiger partial charge in [0.1, 0.15) is 0 Å². The molecule has 0 radical (unpaired) electrons. The van der Waals surface area contributed by atoms with E-state index in [0.29, 0.717) is 18.7 Å². The normalized spacial score (nSPS) is 18.3. The Morgan fingerprint density at radius 3 is 2.63 bits per heavy atom. The third-order valence-electron chi connectivity index (χ3n) is 7.21. The number of hydrogen-bond acceptors (Lipinski definition) is 4. The summed E-state index contributed by atoms with van der Waals surface area (Å²) < 4.78 is 3.43. The van der Waals surface area contributed by atoms with Gasteiger partial charge in [0.05, 0.1) is 5.92 Å². The first-order chi connectivity index (χ1) is 17.0. The number of benzene rings is 2. The molecule has 3 aromatic heterocycles. The summed E-state index contributed by atoms with van der Waals surface area (Å²) >= 11 is 0.739. The van der Waals surface area contributed by atoms with Crippen molar-refractivity contribution in [2.45, 2.75) is 31.6 Å². The number of aromatic amines is 1. The van der Waals surface area contributed by atoms with Crippen molar-refractivity contribution in [3.05, 3.63) is 66.7 Å². The fourth-order valence-corrected chi connectivity index (χ4v) is 6.82. The molecular formula is C27H24N5O2Tl. The van der Waals surface area contributed by atoms with E-state index < -0.39 is 5.97 Å². The fourth-order valence-electron chi connectivity index (χ4n) is 5.41. The molecule has 35 heavy (non-hydrogen) atoms. The van der Waals surface area contributed by atoms with Crippen molar-refractivity contribution in [3.63, 3.8) is 0 Å². The Morgan fingerprint density at radius 2 is 1.86 bits per heavy atom. The van der Waals surface area contributed by atoms with E-state index in [4.69, 9.17) is 10.7 Å². The third-order valence-corrected chi connectivity index (χ3v) is 9.17. The molecule has 0 atom stereocenters. The monoisotopic (exact) mass is 655 g/mol. The van der Waals surface area contributed by atoms with Crippen LogP contribution < -0.4 is 8.86 Å². The molecule has 0 bridgehead atoms. The van der Waals surface area contributed by atoms with Gasteiger partial charge < -0.3 is 5.11 Å². The second-order valence-corrected chi connectivity index (χ2v) is 11.7. The quantitative estimate of drug-likeness (QED) is 0.251. The Bertz CT molecular complexity index is 1580. The molecule has 4 N–H and O–H groups in total. The molecule has 0 spiro atoms. The van der Waals surface area contributed by atoms with Gasteiger partial charge in [0.15, 0.2) is 0 Å². The molecule has 7 nitrogen and oxygen atoms in total. The summed E-state index contributed by atoms with van der Waals surface area (Å²) in [5.74, 6) is 0.590. The van der Waals surface area contributed by atoms with Gasteiger partial charge in [-0.3, -0.25) is 4.79 Å². The number of anilines is 1. The van der Waals surface area contributed by atoms with Crippen molar-refractivity contribution in [3.8, 4) is 22.5 Å². The van der Waals surface area contributed by atoms with Crippen LogP contribution in [-0.2, 0) is 4.79 Å². The van der Waals surface area contributed by atoms with Gasteiger partial charge in [-0.2, -0.15) is 0 Å². The number of carboxylic acid groups (broad SMARTS) is 1. The average molecular weight is 655 g/mol. The van der Waals surface area contributed by atoms with Gasteiger partial charge in [0, 0.05) is 0 Å². The molecule has 0 aliphatic heterocycles. The number of carbonyl (C=O) groups is 1. The Kier molecular flexibility index (Phi) is 5.59. The van der Waals surface area contributed by atoms with Crippen LogP contribution in [0.25, 0.3) is 38.9 Å². The van der Waals surface area contributed by atoms with Crippen molar-refractivity contribution in [2.24, 2.45) is 5.92 Å². The molecule has 172 valence electrons. The van der Waals surface area contributed by atoms with Gasteiger partial charge in [0.2, 0.25) is 0 Å². The fraction of sp³-hybridized carbons (Fsp3) is 0.222. The first-order valence-corrected chi connectivity index (χ1v) is 14.1. The number of hydrogen-bond donors (Lipinski definition) is 3. The van der Waals surface area contributed by atoms with Crippen LogP contribution in [0.2, 0.25) is 0 Å². The predicted molar refractivity (Wildman–Crippen MR) is 138 cm³/mol. The number of aromatic nitrogens is 4. The molecule has 3 heterocycles. The zero-order valence-corrected chi connectivity index (χ0v) is 23.6. The Labute approximate surface area is 218 Å². The summed E-state index contributed by atoms with van der Waals surface area (Å²) in [4.78, 5) is 24.5. The number of imidazole rings is 1. The summed E-state index contributed by atoms with van der Waals surface area (Å²) in [6.07, 6.45) is 6.54. The van der Waals surface area contributed by atoms with E-state index in [-0.39, 0.29) is 11.8 Å². The number of aliphatic carboxylic acids is 1. The number of nitrogens with one attached hydrogen (secondary N) is 1. The summed E-state index contributed by atoms with van der Waals surface area (Å²) in [6.45, 7) is 0. The molecule has 0 amide bonds. The maximum atomic E-state index is 11.4. The van der Waals surface area contributed by atoms with Crippen LogP contribution in [-0.4, -0.2) is 56.2 Å². The molecule has 1 aliphatic rings.